The van der Waals surface area contributed by atoms with E-state index in [1.165, 1.54) is 0 Å². The molecule has 2 aromatic rings. The van der Waals surface area contributed by atoms with Crippen LogP contribution in [0.3, 0.4) is 0 Å². The first-order valence-electron chi connectivity index (χ1n) is 5.23. The van der Waals surface area contributed by atoms with Crippen molar-refractivity contribution in [3.05, 3.63) is 44.9 Å². The topological polar surface area (TPSA) is 66.0 Å². The Morgan fingerprint density at radius 3 is 2.67 bits per heavy atom. The van der Waals surface area contributed by atoms with Crippen LogP contribution in [0.1, 0.15) is 18.1 Å². The van der Waals surface area contributed by atoms with Crippen LogP contribution in [0.4, 0.5) is 0 Å². The molecule has 2 rings (SSSR count). The Hall–Kier alpha value is -1.33. The zero-order valence-electron chi connectivity index (χ0n) is 9.45. The quantitative estimate of drug-likeness (QED) is 0.832. The summed E-state index contributed by atoms with van der Waals surface area (Å²) in [5, 5.41) is 9.41. The molecule has 0 aliphatic heterocycles. The number of hydrogen-bond acceptors (Lipinski definition) is 3. The van der Waals surface area contributed by atoms with Gasteiger partial charge in [-0.2, -0.15) is 4.98 Å². The molecule has 0 aliphatic carbocycles. The van der Waals surface area contributed by atoms with E-state index < -0.39 is 10.9 Å². The zero-order valence-corrected chi connectivity index (χ0v) is 11.8. The van der Waals surface area contributed by atoms with Gasteiger partial charge in [0.2, 0.25) is 5.88 Å². The Labute approximate surface area is 117 Å². The van der Waals surface area contributed by atoms with Crippen LogP contribution in [0.5, 0.6) is 5.88 Å². The van der Waals surface area contributed by atoms with E-state index in [4.69, 9.17) is 11.6 Å². The molecule has 18 heavy (non-hydrogen) atoms. The van der Waals surface area contributed by atoms with Gasteiger partial charge in [0.1, 0.15) is 11.4 Å². The van der Waals surface area contributed by atoms with Crippen molar-refractivity contribution in [2.75, 3.05) is 0 Å². The van der Waals surface area contributed by atoms with Gasteiger partial charge in [0.05, 0.1) is 5.38 Å². The van der Waals surface area contributed by atoms with Crippen LogP contribution in [0.25, 0.3) is 11.1 Å². The highest BCUT2D eigenvalue weighted by molar-refractivity contribution is 9.10. The van der Waals surface area contributed by atoms with Gasteiger partial charge in [-0.15, -0.1) is 11.6 Å². The van der Waals surface area contributed by atoms with Crippen molar-refractivity contribution < 1.29 is 5.11 Å². The lowest BCUT2D eigenvalue weighted by molar-refractivity contribution is 0.450. The highest BCUT2D eigenvalue weighted by Gasteiger charge is 2.16. The molecule has 0 fully saturated rings. The van der Waals surface area contributed by atoms with Gasteiger partial charge in [-0.1, -0.05) is 34.1 Å². The van der Waals surface area contributed by atoms with Crippen molar-refractivity contribution >= 4 is 27.5 Å². The first-order chi connectivity index (χ1) is 8.50. The van der Waals surface area contributed by atoms with E-state index in [1.54, 1.807) is 25.1 Å². The van der Waals surface area contributed by atoms with E-state index in [-0.39, 0.29) is 17.3 Å². The number of rotatable bonds is 2. The van der Waals surface area contributed by atoms with Crippen molar-refractivity contribution in [2.45, 2.75) is 12.3 Å². The molecule has 1 heterocycles. The minimum absolute atomic E-state index is 0.128. The van der Waals surface area contributed by atoms with E-state index in [2.05, 4.69) is 25.9 Å². The molecule has 0 aliphatic rings. The average Bonchev–Trinajstić information content (AvgIpc) is 2.30. The summed E-state index contributed by atoms with van der Waals surface area (Å²) in [4.78, 5) is 18.4. The molecular formula is C12H10BrClN2O2. The number of benzene rings is 1. The lowest BCUT2D eigenvalue weighted by atomic mass is 10.1. The molecule has 2 N–H and O–H groups in total. The minimum Gasteiger partial charge on any atom is -0.493 e. The second-order valence-corrected chi connectivity index (χ2v) is 5.25. The van der Waals surface area contributed by atoms with Gasteiger partial charge in [-0.25, -0.2) is 0 Å². The molecule has 0 spiro atoms. The normalized spacial score (nSPS) is 12.4. The molecule has 4 nitrogen and oxygen atoms in total. The molecule has 0 bridgehead atoms. The van der Waals surface area contributed by atoms with Crippen LogP contribution in [-0.4, -0.2) is 15.1 Å². The van der Waals surface area contributed by atoms with Crippen LogP contribution in [-0.2, 0) is 0 Å². The fourth-order valence-corrected chi connectivity index (χ4v) is 2.16. The predicted octanol–water partition coefficient (Wildman–Crippen LogP) is 3.20. The van der Waals surface area contributed by atoms with E-state index >= 15 is 0 Å². The van der Waals surface area contributed by atoms with Gasteiger partial charge < -0.3 is 10.1 Å². The fraction of sp³-hybridized carbons (Fsp3) is 0.167. The number of aromatic amines is 1. The zero-order chi connectivity index (χ0) is 13.3. The maximum Gasteiger partial charge on any atom is 0.262 e. The molecule has 1 unspecified atom stereocenters. The SMILES string of the molecule is CC(Cl)c1nc(O)c(-c2ccccc2Br)c(=O)[nH]1. The summed E-state index contributed by atoms with van der Waals surface area (Å²) < 4.78 is 0.708. The third-order valence-corrected chi connectivity index (χ3v) is 3.34. The maximum atomic E-state index is 12.0. The number of halogens is 2. The summed E-state index contributed by atoms with van der Waals surface area (Å²) in [6, 6.07) is 7.10. The van der Waals surface area contributed by atoms with Crippen molar-refractivity contribution in [3.8, 4) is 17.0 Å². The minimum atomic E-state index is -0.475. The van der Waals surface area contributed by atoms with Crippen LogP contribution < -0.4 is 5.56 Å². The van der Waals surface area contributed by atoms with Gasteiger partial charge in [-0.05, 0) is 13.0 Å². The number of nitrogens with one attached hydrogen (secondary N) is 1. The molecule has 1 atom stereocenters. The lowest BCUT2D eigenvalue weighted by Crippen LogP contribution is -2.14. The Morgan fingerprint density at radius 1 is 1.44 bits per heavy atom. The summed E-state index contributed by atoms with van der Waals surface area (Å²) in [6.45, 7) is 1.66. The average molecular weight is 330 g/mol. The number of aromatic nitrogens is 2. The highest BCUT2D eigenvalue weighted by atomic mass is 79.9. The maximum absolute atomic E-state index is 12.0. The standard InChI is InChI=1S/C12H10BrClN2O2/c1-6(14)10-15-11(17)9(12(18)16-10)7-4-2-3-5-8(7)13/h2-6H,1H3,(H2,15,16,17,18). The van der Waals surface area contributed by atoms with Crippen molar-refractivity contribution in [2.24, 2.45) is 0 Å². The number of H-pyrrole nitrogens is 1. The van der Waals surface area contributed by atoms with Gasteiger partial charge in [0.15, 0.2) is 0 Å². The second-order valence-electron chi connectivity index (χ2n) is 3.75. The van der Waals surface area contributed by atoms with Gasteiger partial charge in [0.25, 0.3) is 5.56 Å². The van der Waals surface area contributed by atoms with E-state index in [0.717, 1.165) is 0 Å². The summed E-state index contributed by atoms with van der Waals surface area (Å²) in [5.74, 6) is -0.0804. The van der Waals surface area contributed by atoms with E-state index in [1.807, 2.05) is 6.07 Å². The predicted molar refractivity (Wildman–Crippen MR) is 73.9 cm³/mol. The number of hydrogen-bond donors (Lipinski definition) is 2. The monoisotopic (exact) mass is 328 g/mol. The Bertz CT molecular complexity index is 640. The van der Waals surface area contributed by atoms with Crippen molar-refractivity contribution in [3.63, 3.8) is 0 Å². The van der Waals surface area contributed by atoms with Gasteiger partial charge in [-0.3, -0.25) is 4.79 Å². The fourth-order valence-electron chi connectivity index (χ4n) is 1.57. The molecular weight excluding hydrogens is 320 g/mol. The summed E-state index contributed by atoms with van der Waals surface area (Å²) in [5.41, 5.74) is 0.290. The smallest absolute Gasteiger partial charge is 0.262 e. The van der Waals surface area contributed by atoms with Crippen LogP contribution in [0.15, 0.2) is 33.5 Å². The number of aromatic hydroxyl groups is 1. The Balaban J connectivity index is 2.67. The molecule has 1 aromatic heterocycles. The van der Waals surface area contributed by atoms with Crippen molar-refractivity contribution in [1.82, 2.24) is 9.97 Å². The molecule has 0 saturated carbocycles. The molecule has 94 valence electrons. The number of nitrogens with zero attached hydrogens (tertiary/aromatic N) is 1. The molecule has 0 saturated heterocycles. The Kier molecular flexibility index (Phi) is 3.73. The largest absolute Gasteiger partial charge is 0.493 e. The van der Waals surface area contributed by atoms with Crippen LogP contribution in [0, 0.1) is 0 Å². The summed E-state index contributed by atoms with van der Waals surface area (Å²) in [7, 11) is 0. The van der Waals surface area contributed by atoms with Gasteiger partial charge >= 0.3 is 0 Å². The number of alkyl halides is 1. The second kappa shape index (κ2) is 5.12. The Morgan fingerprint density at radius 2 is 2.11 bits per heavy atom. The first kappa shape index (κ1) is 13.1. The third-order valence-electron chi connectivity index (χ3n) is 2.44. The van der Waals surface area contributed by atoms with Crippen LogP contribution in [0.2, 0.25) is 0 Å². The highest BCUT2D eigenvalue weighted by Crippen LogP contribution is 2.30. The third kappa shape index (κ3) is 2.42. The molecule has 6 heteroatoms. The van der Waals surface area contributed by atoms with E-state index in [0.29, 0.717) is 10.0 Å². The summed E-state index contributed by atoms with van der Waals surface area (Å²) >= 11 is 9.15. The molecule has 0 radical (unpaired) electrons. The summed E-state index contributed by atoms with van der Waals surface area (Å²) in [6.07, 6.45) is 0. The van der Waals surface area contributed by atoms with E-state index in [9.17, 15) is 9.90 Å². The molecule has 1 aromatic carbocycles. The van der Waals surface area contributed by atoms with Crippen LogP contribution >= 0.6 is 27.5 Å². The van der Waals surface area contributed by atoms with Crippen molar-refractivity contribution in [1.29, 1.82) is 0 Å². The molecule has 0 amide bonds. The first-order valence-corrected chi connectivity index (χ1v) is 6.45. The van der Waals surface area contributed by atoms with Gasteiger partial charge in [0, 0.05) is 10.0 Å². The lowest BCUT2D eigenvalue weighted by Gasteiger charge is -2.08.